The van der Waals surface area contributed by atoms with Gasteiger partial charge < -0.3 is 10.6 Å². The Kier molecular flexibility index (Phi) is 6.01. The number of nitrogens with zero attached hydrogens (tertiary/aromatic N) is 4. The molecular formula is C20H25FN6. The fourth-order valence-electron chi connectivity index (χ4n) is 2.88. The van der Waals surface area contributed by atoms with E-state index in [0.717, 1.165) is 36.4 Å². The van der Waals surface area contributed by atoms with Crippen LogP contribution >= 0.6 is 0 Å². The van der Waals surface area contributed by atoms with Crippen molar-refractivity contribution in [3.05, 3.63) is 65.4 Å². The Morgan fingerprint density at radius 3 is 2.89 bits per heavy atom. The highest BCUT2D eigenvalue weighted by molar-refractivity contribution is 5.80. The van der Waals surface area contributed by atoms with Gasteiger partial charge in [-0.3, -0.25) is 9.39 Å². The maximum absolute atomic E-state index is 13.8. The van der Waals surface area contributed by atoms with E-state index < -0.39 is 0 Å². The highest BCUT2D eigenvalue weighted by Crippen LogP contribution is 2.16. The molecule has 0 bridgehead atoms. The van der Waals surface area contributed by atoms with Crippen LogP contribution in [0.15, 0.2) is 47.6 Å². The van der Waals surface area contributed by atoms with Gasteiger partial charge in [-0.15, -0.1) is 10.2 Å². The first kappa shape index (κ1) is 18.8. The molecule has 1 unspecified atom stereocenters. The lowest BCUT2D eigenvalue weighted by molar-refractivity contribution is 0.607. The third kappa shape index (κ3) is 4.61. The summed E-state index contributed by atoms with van der Waals surface area (Å²) >= 11 is 0. The number of aliphatic imine (C=N–C) groups is 1. The zero-order valence-corrected chi connectivity index (χ0v) is 15.9. The lowest BCUT2D eigenvalue weighted by Crippen LogP contribution is -2.39. The number of fused-ring (bicyclic) bond motifs is 1. The Labute approximate surface area is 158 Å². The lowest BCUT2D eigenvalue weighted by Gasteiger charge is -2.18. The van der Waals surface area contributed by atoms with Gasteiger partial charge in [0.05, 0.1) is 6.04 Å². The molecule has 0 aliphatic rings. The molecular weight excluding hydrogens is 343 g/mol. The van der Waals surface area contributed by atoms with Gasteiger partial charge in [-0.25, -0.2) is 4.39 Å². The number of aromatic nitrogens is 3. The average molecular weight is 368 g/mol. The fraction of sp³-hybridized carbons (Fsp3) is 0.350. The molecule has 6 nitrogen and oxygen atoms in total. The molecule has 0 saturated carbocycles. The van der Waals surface area contributed by atoms with Gasteiger partial charge in [-0.1, -0.05) is 18.2 Å². The summed E-state index contributed by atoms with van der Waals surface area (Å²) in [4.78, 5) is 4.25. The van der Waals surface area contributed by atoms with Crippen LogP contribution in [0.3, 0.4) is 0 Å². The smallest absolute Gasteiger partial charge is 0.191 e. The molecule has 1 aromatic carbocycles. The van der Waals surface area contributed by atoms with E-state index in [1.54, 1.807) is 26.1 Å². The maximum Gasteiger partial charge on any atom is 0.191 e. The molecule has 3 rings (SSSR count). The van der Waals surface area contributed by atoms with Gasteiger partial charge in [0.25, 0.3) is 0 Å². The first-order chi connectivity index (χ1) is 13.1. The molecule has 1 atom stereocenters. The first-order valence-corrected chi connectivity index (χ1v) is 9.10. The first-order valence-electron chi connectivity index (χ1n) is 9.10. The average Bonchev–Trinajstić information content (AvgIpc) is 3.09. The number of rotatable bonds is 6. The zero-order chi connectivity index (χ0) is 19.2. The van der Waals surface area contributed by atoms with Gasteiger partial charge >= 0.3 is 0 Å². The molecule has 2 heterocycles. The van der Waals surface area contributed by atoms with Crippen molar-refractivity contribution in [1.82, 2.24) is 25.2 Å². The molecule has 0 amide bonds. The minimum Gasteiger partial charge on any atom is -0.356 e. The second kappa shape index (κ2) is 8.62. The summed E-state index contributed by atoms with van der Waals surface area (Å²) in [7, 11) is 1.73. The van der Waals surface area contributed by atoms with Gasteiger partial charge in [0, 0.05) is 26.2 Å². The van der Waals surface area contributed by atoms with E-state index in [1.807, 2.05) is 41.8 Å². The Bertz CT molecular complexity index is 933. The Hall–Kier alpha value is -2.96. The summed E-state index contributed by atoms with van der Waals surface area (Å²) in [6.07, 6.45) is 3.68. The van der Waals surface area contributed by atoms with Crippen molar-refractivity contribution >= 4 is 11.6 Å². The highest BCUT2D eigenvalue weighted by Gasteiger charge is 2.10. The van der Waals surface area contributed by atoms with Crippen molar-refractivity contribution in [2.45, 2.75) is 32.7 Å². The largest absolute Gasteiger partial charge is 0.356 e. The van der Waals surface area contributed by atoms with Crippen LogP contribution in [0.25, 0.3) is 5.65 Å². The van der Waals surface area contributed by atoms with Gasteiger partial charge in [-0.2, -0.15) is 0 Å². The van der Waals surface area contributed by atoms with Crippen molar-refractivity contribution in [1.29, 1.82) is 0 Å². The third-order valence-corrected chi connectivity index (χ3v) is 4.53. The topological polar surface area (TPSA) is 66.6 Å². The summed E-state index contributed by atoms with van der Waals surface area (Å²) in [5.74, 6) is 1.44. The van der Waals surface area contributed by atoms with E-state index in [4.69, 9.17) is 0 Å². The number of halogens is 1. The van der Waals surface area contributed by atoms with Gasteiger partial charge in [-0.05, 0) is 49.6 Å². The van der Waals surface area contributed by atoms with Crippen LogP contribution in [0.2, 0.25) is 0 Å². The molecule has 0 saturated heterocycles. The van der Waals surface area contributed by atoms with E-state index in [1.165, 1.54) is 0 Å². The highest BCUT2D eigenvalue weighted by atomic mass is 19.1. The van der Waals surface area contributed by atoms with Crippen molar-refractivity contribution in [2.24, 2.45) is 4.99 Å². The van der Waals surface area contributed by atoms with Gasteiger partial charge in [0.2, 0.25) is 0 Å². The quantitative estimate of drug-likeness (QED) is 0.399. The summed E-state index contributed by atoms with van der Waals surface area (Å²) in [5.41, 5.74) is 2.39. The number of pyridine rings is 1. The maximum atomic E-state index is 13.8. The SMILES string of the molecule is CN=C(NCCCc1nnc2ccccn12)NC(C)c1ccc(C)c(F)c1. The minimum atomic E-state index is -0.190. The van der Waals surface area contributed by atoms with Crippen LogP contribution < -0.4 is 10.6 Å². The molecule has 7 heteroatoms. The normalized spacial score (nSPS) is 13.0. The minimum absolute atomic E-state index is 0.0493. The van der Waals surface area contributed by atoms with Crippen molar-refractivity contribution < 1.29 is 4.39 Å². The standard InChI is InChI=1S/C20H25FN6/c1-14-9-10-16(13-17(14)21)15(2)24-20(22-3)23-11-6-8-19-26-25-18-7-4-5-12-27(18)19/h4-5,7,9-10,12-13,15H,6,8,11H2,1-3H3,(H2,22,23,24). The van der Waals surface area contributed by atoms with Crippen LogP contribution in [0.1, 0.15) is 36.3 Å². The van der Waals surface area contributed by atoms with Gasteiger partial charge in [0.1, 0.15) is 11.6 Å². The van der Waals surface area contributed by atoms with Crippen LogP contribution in [0.5, 0.6) is 0 Å². The van der Waals surface area contributed by atoms with E-state index >= 15 is 0 Å². The fourth-order valence-corrected chi connectivity index (χ4v) is 2.88. The second-order valence-corrected chi connectivity index (χ2v) is 6.52. The molecule has 0 aliphatic heterocycles. The summed E-state index contributed by atoms with van der Waals surface area (Å²) in [5, 5.41) is 15.0. The third-order valence-electron chi connectivity index (χ3n) is 4.53. The molecule has 0 fully saturated rings. The zero-order valence-electron chi connectivity index (χ0n) is 15.9. The Morgan fingerprint density at radius 1 is 1.26 bits per heavy atom. The molecule has 2 aromatic heterocycles. The van der Waals surface area contributed by atoms with Crippen molar-refractivity contribution in [3.8, 4) is 0 Å². The molecule has 2 N–H and O–H groups in total. The number of aryl methyl sites for hydroxylation is 2. The molecule has 27 heavy (non-hydrogen) atoms. The Balaban J connectivity index is 1.49. The summed E-state index contributed by atoms with van der Waals surface area (Å²) in [6, 6.07) is 11.1. The number of hydrogen-bond acceptors (Lipinski definition) is 3. The molecule has 142 valence electrons. The summed E-state index contributed by atoms with van der Waals surface area (Å²) < 4.78 is 15.8. The molecule has 0 aliphatic carbocycles. The van der Waals surface area contributed by atoms with E-state index in [-0.39, 0.29) is 11.9 Å². The monoisotopic (exact) mass is 368 g/mol. The summed E-state index contributed by atoms with van der Waals surface area (Å²) in [6.45, 7) is 4.49. The number of hydrogen-bond donors (Lipinski definition) is 2. The van der Waals surface area contributed by atoms with Crippen LogP contribution in [0.4, 0.5) is 4.39 Å². The lowest BCUT2D eigenvalue weighted by atomic mass is 10.1. The number of guanidine groups is 1. The van der Waals surface area contributed by atoms with Crippen LogP contribution in [-0.4, -0.2) is 34.2 Å². The van der Waals surface area contributed by atoms with E-state index in [0.29, 0.717) is 11.5 Å². The molecule has 3 aromatic rings. The second-order valence-electron chi connectivity index (χ2n) is 6.52. The van der Waals surface area contributed by atoms with Gasteiger partial charge in [0.15, 0.2) is 11.6 Å². The predicted molar refractivity (Wildman–Crippen MR) is 105 cm³/mol. The van der Waals surface area contributed by atoms with E-state index in [2.05, 4.69) is 25.8 Å². The van der Waals surface area contributed by atoms with Crippen LogP contribution in [-0.2, 0) is 6.42 Å². The van der Waals surface area contributed by atoms with Crippen LogP contribution in [0, 0.1) is 12.7 Å². The Morgan fingerprint density at radius 2 is 2.11 bits per heavy atom. The number of nitrogens with one attached hydrogen (secondary N) is 2. The van der Waals surface area contributed by atoms with Crippen molar-refractivity contribution in [3.63, 3.8) is 0 Å². The van der Waals surface area contributed by atoms with Crippen molar-refractivity contribution in [2.75, 3.05) is 13.6 Å². The molecule has 0 spiro atoms. The molecule has 0 radical (unpaired) electrons. The van der Waals surface area contributed by atoms with E-state index in [9.17, 15) is 4.39 Å². The predicted octanol–water partition coefficient (Wildman–Crippen LogP) is 3.04. The number of benzene rings is 1.